The van der Waals surface area contributed by atoms with Crippen LogP contribution in [0.15, 0.2) is 36.4 Å². The van der Waals surface area contributed by atoms with Crippen molar-refractivity contribution < 1.29 is 4.74 Å². The molecular weight excluding hydrogens is 258 g/mol. The molecule has 2 nitrogen and oxygen atoms in total. The van der Waals surface area contributed by atoms with Crippen LogP contribution in [0.25, 0.3) is 0 Å². The predicted molar refractivity (Wildman–Crippen MR) is 80.2 cm³/mol. The Bertz CT molecular complexity index is 581. The Balaban J connectivity index is 2.38. The first-order valence-corrected chi connectivity index (χ1v) is 6.73. The summed E-state index contributed by atoms with van der Waals surface area (Å²) in [5, 5.41) is 0.702. The molecule has 0 atom stereocenters. The zero-order valence-corrected chi connectivity index (χ0v) is 12.0. The summed E-state index contributed by atoms with van der Waals surface area (Å²) in [6.45, 7) is 4.67. The van der Waals surface area contributed by atoms with E-state index in [2.05, 4.69) is 19.9 Å². The highest BCUT2D eigenvalue weighted by atomic mass is 35.5. The predicted octanol–water partition coefficient (Wildman–Crippen LogP) is 4.25. The Labute approximate surface area is 119 Å². The van der Waals surface area contributed by atoms with Crippen LogP contribution < -0.4 is 10.5 Å². The quantitative estimate of drug-likeness (QED) is 0.905. The molecule has 0 aromatic heterocycles. The van der Waals surface area contributed by atoms with Crippen molar-refractivity contribution in [2.45, 2.75) is 20.3 Å². The Morgan fingerprint density at radius 1 is 1.05 bits per heavy atom. The normalized spacial score (nSPS) is 10.5. The van der Waals surface area contributed by atoms with Gasteiger partial charge in [0.25, 0.3) is 0 Å². The van der Waals surface area contributed by atoms with Crippen LogP contribution in [0.2, 0.25) is 5.02 Å². The Kier molecular flexibility index (Phi) is 4.46. The first kappa shape index (κ1) is 13.9. The molecule has 0 saturated heterocycles. The van der Waals surface area contributed by atoms with Gasteiger partial charge in [-0.15, -0.1) is 0 Å². The highest BCUT2D eigenvalue weighted by Crippen LogP contribution is 2.32. The van der Waals surface area contributed by atoms with Gasteiger partial charge in [-0.2, -0.15) is 0 Å². The van der Waals surface area contributed by atoms with Crippen molar-refractivity contribution in [1.82, 2.24) is 0 Å². The van der Waals surface area contributed by atoms with Crippen molar-refractivity contribution in [2.24, 2.45) is 5.73 Å². The van der Waals surface area contributed by atoms with Gasteiger partial charge in [-0.05, 0) is 56.1 Å². The molecule has 0 aliphatic rings. The molecule has 2 aromatic rings. The number of hydrogen-bond donors (Lipinski definition) is 1. The van der Waals surface area contributed by atoms with E-state index >= 15 is 0 Å². The molecular formula is C16H18ClNO. The van der Waals surface area contributed by atoms with E-state index in [0.29, 0.717) is 18.0 Å². The molecule has 2 N–H and O–H groups in total. The number of ether oxygens (including phenoxy) is 1. The number of rotatable bonds is 4. The first-order chi connectivity index (χ1) is 9.13. The fraction of sp³-hybridized carbons (Fsp3) is 0.250. The maximum absolute atomic E-state index is 6.21. The lowest BCUT2D eigenvalue weighted by molar-refractivity contribution is 0.472. The van der Waals surface area contributed by atoms with Crippen LogP contribution >= 0.6 is 11.6 Å². The van der Waals surface area contributed by atoms with Crippen LogP contribution in [0.1, 0.15) is 16.7 Å². The van der Waals surface area contributed by atoms with E-state index in [9.17, 15) is 0 Å². The summed E-state index contributed by atoms with van der Waals surface area (Å²) in [4.78, 5) is 0. The van der Waals surface area contributed by atoms with Crippen molar-refractivity contribution >= 4 is 11.6 Å². The summed E-state index contributed by atoms with van der Waals surface area (Å²) in [6, 6.07) is 11.7. The van der Waals surface area contributed by atoms with E-state index < -0.39 is 0 Å². The van der Waals surface area contributed by atoms with E-state index in [-0.39, 0.29) is 0 Å². The average Bonchev–Trinajstić information content (AvgIpc) is 2.39. The molecule has 2 rings (SSSR count). The van der Waals surface area contributed by atoms with E-state index in [1.165, 1.54) is 5.56 Å². The minimum atomic E-state index is 0.549. The van der Waals surface area contributed by atoms with Gasteiger partial charge in [0.2, 0.25) is 0 Å². The molecule has 2 aromatic carbocycles. The van der Waals surface area contributed by atoms with E-state index in [0.717, 1.165) is 22.6 Å². The zero-order chi connectivity index (χ0) is 13.8. The Morgan fingerprint density at radius 2 is 1.74 bits per heavy atom. The zero-order valence-electron chi connectivity index (χ0n) is 11.2. The van der Waals surface area contributed by atoms with Crippen LogP contribution in [0.3, 0.4) is 0 Å². The van der Waals surface area contributed by atoms with Crippen LogP contribution in [-0.4, -0.2) is 6.54 Å². The number of aryl methyl sites for hydroxylation is 1. The summed E-state index contributed by atoms with van der Waals surface area (Å²) in [5.41, 5.74) is 8.95. The minimum absolute atomic E-state index is 0.549. The average molecular weight is 276 g/mol. The molecule has 0 aliphatic carbocycles. The highest BCUT2D eigenvalue weighted by molar-refractivity contribution is 6.31. The van der Waals surface area contributed by atoms with Crippen LogP contribution in [0, 0.1) is 13.8 Å². The molecule has 3 heteroatoms. The highest BCUT2D eigenvalue weighted by Gasteiger charge is 2.10. The molecule has 19 heavy (non-hydrogen) atoms. The second kappa shape index (κ2) is 6.09. The van der Waals surface area contributed by atoms with Gasteiger partial charge in [0.05, 0.1) is 0 Å². The number of halogens is 1. The molecule has 0 amide bonds. The number of nitrogens with two attached hydrogens (primary N) is 1. The monoisotopic (exact) mass is 275 g/mol. The second-order valence-corrected chi connectivity index (χ2v) is 4.96. The fourth-order valence-corrected chi connectivity index (χ4v) is 2.24. The summed E-state index contributed by atoms with van der Waals surface area (Å²) in [7, 11) is 0. The first-order valence-electron chi connectivity index (χ1n) is 6.35. The van der Waals surface area contributed by atoms with Crippen LogP contribution in [0.4, 0.5) is 0 Å². The molecule has 0 bridgehead atoms. The van der Waals surface area contributed by atoms with E-state index in [1.54, 1.807) is 0 Å². The lowest BCUT2D eigenvalue weighted by Crippen LogP contribution is -2.05. The second-order valence-electron chi connectivity index (χ2n) is 4.56. The van der Waals surface area contributed by atoms with E-state index in [1.807, 2.05) is 30.3 Å². The van der Waals surface area contributed by atoms with Gasteiger partial charge >= 0.3 is 0 Å². The molecule has 0 aliphatic heterocycles. The Hall–Kier alpha value is -1.51. The lowest BCUT2D eigenvalue weighted by Gasteiger charge is -2.14. The largest absolute Gasteiger partial charge is 0.457 e. The van der Waals surface area contributed by atoms with Crippen LogP contribution in [-0.2, 0) is 6.42 Å². The number of benzene rings is 2. The van der Waals surface area contributed by atoms with Gasteiger partial charge in [0.1, 0.15) is 11.5 Å². The van der Waals surface area contributed by atoms with Crippen molar-refractivity contribution in [3.63, 3.8) is 0 Å². The van der Waals surface area contributed by atoms with Gasteiger partial charge < -0.3 is 10.5 Å². The fourth-order valence-electron chi connectivity index (χ4n) is 1.97. The van der Waals surface area contributed by atoms with Gasteiger partial charge in [-0.25, -0.2) is 0 Å². The van der Waals surface area contributed by atoms with Crippen molar-refractivity contribution in [3.8, 4) is 11.5 Å². The maximum atomic E-state index is 6.21. The standard InChI is InChI=1S/C16H18ClNO/c1-11-5-3-7-15(12(11)2)19-16-8-4-6-14(17)13(16)9-10-18/h3-8H,9-10,18H2,1-2H3. The summed E-state index contributed by atoms with van der Waals surface area (Å²) >= 11 is 6.21. The lowest BCUT2D eigenvalue weighted by atomic mass is 10.1. The third-order valence-corrected chi connectivity index (χ3v) is 3.60. The van der Waals surface area contributed by atoms with Gasteiger partial charge in [0, 0.05) is 10.6 Å². The summed E-state index contributed by atoms with van der Waals surface area (Å²) < 4.78 is 6.01. The third-order valence-electron chi connectivity index (χ3n) is 3.25. The topological polar surface area (TPSA) is 35.2 Å². The molecule has 0 fully saturated rings. The molecule has 0 heterocycles. The molecule has 100 valence electrons. The van der Waals surface area contributed by atoms with E-state index in [4.69, 9.17) is 22.1 Å². The summed E-state index contributed by atoms with van der Waals surface area (Å²) in [5.74, 6) is 1.65. The third kappa shape index (κ3) is 3.09. The molecule has 0 unspecified atom stereocenters. The van der Waals surface area contributed by atoms with Gasteiger partial charge in [-0.3, -0.25) is 0 Å². The van der Waals surface area contributed by atoms with Gasteiger partial charge in [0.15, 0.2) is 0 Å². The Morgan fingerprint density at radius 3 is 2.47 bits per heavy atom. The summed E-state index contributed by atoms with van der Waals surface area (Å²) in [6.07, 6.45) is 0.708. The SMILES string of the molecule is Cc1cccc(Oc2cccc(Cl)c2CCN)c1C. The molecule has 0 radical (unpaired) electrons. The van der Waals surface area contributed by atoms with Crippen molar-refractivity contribution in [1.29, 1.82) is 0 Å². The smallest absolute Gasteiger partial charge is 0.132 e. The van der Waals surface area contributed by atoms with Crippen molar-refractivity contribution in [2.75, 3.05) is 6.54 Å². The maximum Gasteiger partial charge on any atom is 0.132 e. The number of hydrogen-bond acceptors (Lipinski definition) is 2. The van der Waals surface area contributed by atoms with Crippen LogP contribution in [0.5, 0.6) is 11.5 Å². The van der Waals surface area contributed by atoms with Gasteiger partial charge in [-0.1, -0.05) is 29.8 Å². The van der Waals surface area contributed by atoms with Crippen molar-refractivity contribution in [3.05, 3.63) is 58.1 Å². The molecule has 0 saturated carbocycles. The molecule has 0 spiro atoms. The minimum Gasteiger partial charge on any atom is -0.457 e.